The maximum Gasteiger partial charge on any atom is 0.299 e. The van der Waals surface area contributed by atoms with Crippen LogP contribution >= 0.6 is 0 Å². The van der Waals surface area contributed by atoms with Gasteiger partial charge in [0.05, 0.1) is 21.6 Å². The summed E-state index contributed by atoms with van der Waals surface area (Å²) in [7, 11) is 0. The summed E-state index contributed by atoms with van der Waals surface area (Å²) in [5.41, 5.74) is 0.334. The van der Waals surface area contributed by atoms with Gasteiger partial charge in [0.15, 0.2) is 0 Å². The lowest BCUT2D eigenvalue weighted by Crippen LogP contribution is -2.21. The second-order valence-corrected chi connectivity index (χ2v) is 5.21. The molecule has 2 aromatic rings. The van der Waals surface area contributed by atoms with Crippen molar-refractivity contribution in [1.29, 1.82) is 0 Å². The first kappa shape index (κ1) is 18.0. The van der Waals surface area contributed by atoms with Crippen molar-refractivity contribution in [3.63, 3.8) is 0 Å². The molecule has 0 aliphatic heterocycles. The Kier molecular flexibility index (Phi) is 5.38. The number of nitro benzene ring substituents is 2. The molecule has 0 aliphatic rings. The third kappa shape index (κ3) is 3.94. The molecule has 0 aliphatic carbocycles. The molecule has 0 saturated heterocycles. The van der Waals surface area contributed by atoms with Crippen molar-refractivity contribution in [3.8, 4) is 5.75 Å². The molecule has 0 fully saturated rings. The van der Waals surface area contributed by atoms with E-state index in [4.69, 9.17) is 0 Å². The summed E-state index contributed by atoms with van der Waals surface area (Å²) in [6.07, 6.45) is 0. The molecule has 0 radical (unpaired) electrons. The second kappa shape index (κ2) is 7.47. The van der Waals surface area contributed by atoms with Gasteiger partial charge in [0, 0.05) is 30.9 Å². The molecule has 0 saturated carbocycles. The van der Waals surface area contributed by atoms with Gasteiger partial charge >= 0.3 is 0 Å². The standard InChI is InChI=1S/C16H18N4O5/c1-3-18(4-2)11-5-8-14(16(21)10-11)17-13-7-6-12(19(22)23)9-15(13)20(24)25/h5-10,17,21H,3-4H2,1-2H3. The number of non-ortho nitro benzene ring substituents is 1. The minimum Gasteiger partial charge on any atom is -0.506 e. The highest BCUT2D eigenvalue weighted by Gasteiger charge is 2.20. The molecule has 0 heterocycles. The summed E-state index contributed by atoms with van der Waals surface area (Å²) in [5, 5.41) is 34.9. The Labute approximate surface area is 143 Å². The fourth-order valence-electron chi connectivity index (χ4n) is 2.45. The number of aromatic hydroxyl groups is 1. The molecule has 2 N–H and O–H groups in total. The summed E-state index contributed by atoms with van der Waals surface area (Å²) in [5.74, 6) is -0.0722. The first-order valence-electron chi connectivity index (χ1n) is 7.65. The minimum atomic E-state index is -0.712. The molecular weight excluding hydrogens is 328 g/mol. The maximum atomic E-state index is 11.2. The van der Waals surface area contributed by atoms with Gasteiger partial charge < -0.3 is 15.3 Å². The zero-order valence-corrected chi connectivity index (χ0v) is 13.8. The van der Waals surface area contributed by atoms with Gasteiger partial charge in [-0.25, -0.2) is 0 Å². The van der Waals surface area contributed by atoms with E-state index >= 15 is 0 Å². The van der Waals surface area contributed by atoms with Crippen LogP contribution in [-0.4, -0.2) is 28.0 Å². The SMILES string of the molecule is CCN(CC)c1ccc(Nc2ccc([N+](=O)[O-])cc2[N+](=O)[O-])c(O)c1. The van der Waals surface area contributed by atoms with Crippen LogP contribution in [0, 0.1) is 20.2 Å². The van der Waals surface area contributed by atoms with Gasteiger partial charge in [0.2, 0.25) is 0 Å². The van der Waals surface area contributed by atoms with E-state index in [1.165, 1.54) is 6.07 Å². The van der Waals surface area contributed by atoms with Gasteiger partial charge in [0.1, 0.15) is 11.4 Å². The van der Waals surface area contributed by atoms with E-state index in [0.29, 0.717) is 0 Å². The number of hydrogen-bond acceptors (Lipinski definition) is 7. The van der Waals surface area contributed by atoms with Gasteiger partial charge in [-0.1, -0.05) is 0 Å². The van der Waals surface area contributed by atoms with E-state index in [0.717, 1.165) is 30.9 Å². The first-order valence-corrected chi connectivity index (χ1v) is 7.65. The monoisotopic (exact) mass is 346 g/mol. The van der Waals surface area contributed by atoms with E-state index in [1.807, 2.05) is 18.7 Å². The summed E-state index contributed by atoms with van der Waals surface area (Å²) >= 11 is 0. The van der Waals surface area contributed by atoms with Crippen molar-refractivity contribution in [3.05, 3.63) is 56.6 Å². The van der Waals surface area contributed by atoms with Crippen LogP contribution in [0.2, 0.25) is 0 Å². The van der Waals surface area contributed by atoms with Crippen LogP contribution in [0.1, 0.15) is 13.8 Å². The third-order valence-electron chi connectivity index (χ3n) is 3.77. The van der Waals surface area contributed by atoms with Crippen LogP contribution in [0.15, 0.2) is 36.4 Å². The Morgan fingerprint density at radius 3 is 2.16 bits per heavy atom. The number of phenolic OH excluding ortho intramolecular Hbond substituents is 1. The number of nitrogens with zero attached hydrogens (tertiary/aromatic N) is 3. The molecule has 9 heteroatoms. The fraction of sp³-hybridized carbons (Fsp3) is 0.250. The van der Waals surface area contributed by atoms with Gasteiger partial charge in [0.25, 0.3) is 11.4 Å². The van der Waals surface area contributed by atoms with E-state index in [2.05, 4.69) is 5.32 Å². The van der Waals surface area contributed by atoms with Gasteiger partial charge in [-0.3, -0.25) is 20.2 Å². The molecular formula is C16H18N4O5. The third-order valence-corrected chi connectivity index (χ3v) is 3.77. The van der Waals surface area contributed by atoms with Crippen molar-refractivity contribution < 1.29 is 15.0 Å². The fourth-order valence-corrected chi connectivity index (χ4v) is 2.45. The largest absolute Gasteiger partial charge is 0.506 e. The van der Waals surface area contributed by atoms with Crippen LogP contribution in [-0.2, 0) is 0 Å². The lowest BCUT2D eigenvalue weighted by Gasteiger charge is -2.21. The predicted octanol–water partition coefficient (Wildman–Crippen LogP) is 3.80. The number of benzene rings is 2. The average molecular weight is 346 g/mol. The molecule has 0 amide bonds. The Morgan fingerprint density at radius 2 is 1.64 bits per heavy atom. The number of rotatable bonds is 7. The van der Waals surface area contributed by atoms with Crippen molar-refractivity contribution in [2.45, 2.75) is 13.8 Å². The Balaban J connectivity index is 2.36. The van der Waals surface area contributed by atoms with Crippen LogP contribution in [0.3, 0.4) is 0 Å². The number of nitrogens with one attached hydrogen (secondary N) is 1. The van der Waals surface area contributed by atoms with Gasteiger partial charge in [-0.05, 0) is 32.0 Å². The summed E-state index contributed by atoms with van der Waals surface area (Å²) in [4.78, 5) is 22.6. The molecule has 2 rings (SSSR count). The smallest absolute Gasteiger partial charge is 0.299 e. The van der Waals surface area contributed by atoms with Gasteiger partial charge in [-0.2, -0.15) is 0 Å². The molecule has 0 spiro atoms. The van der Waals surface area contributed by atoms with Crippen LogP contribution in [0.5, 0.6) is 5.75 Å². The molecule has 2 aromatic carbocycles. The first-order chi connectivity index (χ1) is 11.9. The maximum absolute atomic E-state index is 11.2. The molecule has 0 aromatic heterocycles. The normalized spacial score (nSPS) is 10.3. The van der Waals surface area contributed by atoms with Crippen LogP contribution in [0.25, 0.3) is 0 Å². The highest BCUT2D eigenvalue weighted by Crippen LogP contribution is 2.35. The Hall–Kier alpha value is -3.36. The van der Waals surface area contributed by atoms with Crippen molar-refractivity contribution in [2.75, 3.05) is 23.3 Å². The number of hydrogen-bond donors (Lipinski definition) is 2. The Morgan fingerprint density at radius 1 is 1.00 bits per heavy atom. The summed E-state index contributed by atoms with van der Waals surface area (Å²) in [6, 6.07) is 8.24. The number of nitro groups is 2. The zero-order chi connectivity index (χ0) is 18.6. The van der Waals surface area contributed by atoms with E-state index in [-0.39, 0.29) is 22.8 Å². The molecule has 9 nitrogen and oxygen atoms in total. The quantitative estimate of drug-likeness (QED) is 0.444. The van der Waals surface area contributed by atoms with E-state index in [9.17, 15) is 25.3 Å². The average Bonchev–Trinajstić information content (AvgIpc) is 2.58. The lowest BCUT2D eigenvalue weighted by molar-refractivity contribution is -0.393. The summed E-state index contributed by atoms with van der Waals surface area (Å²) in [6.45, 7) is 5.53. The minimum absolute atomic E-state index is 0.0569. The molecule has 0 unspecified atom stereocenters. The van der Waals surface area contributed by atoms with Crippen molar-refractivity contribution in [2.24, 2.45) is 0 Å². The predicted molar refractivity (Wildman–Crippen MR) is 94.7 cm³/mol. The molecule has 25 heavy (non-hydrogen) atoms. The van der Waals surface area contributed by atoms with Gasteiger partial charge in [-0.15, -0.1) is 0 Å². The highest BCUT2D eigenvalue weighted by molar-refractivity contribution is 5.76. The van der Waals surface area contributed by atoms with E-state index < -0.39 is 15.5 Å². The zero-order valence-electron chi connectivity index (χ0n) is 13.8. The van der Waals surface area contributed by atoms with Crippen molar-refractivity contribution >= 4 is 28.4 Å². The molecule has 0 atom stereocenters. The lowest BCUT2D eigenvalue weighted by atomic mass is 10.2. The number of anilines is 3. The molecule has 132 valence electrons. The summed E-state index contributed by atoms with van der Waals surface area (Å²) < 4.78 is 0. The van der Waals surface area contributed by atoms with Crippen LogP contribution in [0.4, 0.5) is 28.4 Å². The van der Waals surface area contributed by atoms with E-state index in [1.54, 1.807) is 18.2 Å². The molecule has 0 bridgehead atoms. The van der Waals surface area contributed by atoms with Crippen LogP contribution < -0.4 is 10.2 Å². The number of phenols is 1. The highest BCUT2D eigenvalue weighted by atomic mass is 16.6. The Bertz CT molecular complexity index is 805. The second-order valence-electron chi connectivity index (χ2n) is 5.21. The topological polar surface area (TPSA) is 122 Å². The van der Waals surface area contributed by atoms with Crippen molar-refractivity contribution in [1.82, 2.24) is 0 Å².